The second-order valence-electron chi connectivity index (χ2n) is 7.37. The quantitative estimate of drug-likeness (QED) is 0.252. The minimum atomic E-state index is -1.82. The molecule has 0 fully saturated rings. The number of carbonyl (C=O) groups is 3. The van der Waals surface area contributed by atoms with Crippen LogP contribution in [-0.4, -0.2) is 49.1 Å². The number of halogens is 1. The first-order chi connectivity index (χ1) is 17.3. The van der Waals surface area contributed by atoms with Crippen LogP contribution in [0.15, 0.2) is 72.0 Å². The molecule has 9 nitrogen and oxygen atoms in total. The number of carboxylic acids is 2. The van der Waals surface area contributed by atoms with Gasteiger partial charge in [-0.05, 0) is 42.8 Å². The fraction of sp³-hybridized carbons (Fsp3) is 0.160. The number of hydrogen-bond acceptors (Lipinski definition) is 6. The lowest BCUT2D eigenvalue weighted by molar-refractivity contribution is -0.159. The van der Waals surface area contributed by atoms with Crippen LogP contribution in [0, 0.1) is 5.82 Å². The van der Waals surface area contributed by atoms with E-state index in [0.29, 0.717) is 30.0 Å². The lowest BCUT2D eigenvalue weighted by Crippen LogP contribution is -2.22. The van der Waals surface area contributed by atoms with Gasteiger partial charge in [0.05, 0.1) is 6.54 Å². The molecular weight excluding hydrogens is 487 g/mol. The number of nitrogens with one attached hydrogen (secondary N) is 1. The number of hydrogen-bond donors (Lipinski definition) is 3. The van der Waals surface area contributed by atoms with E-state index < -0.39 is 11.9 Å². The van der Waals surface area contributed by atoms with Gasteiger partial charge < -0.3 is 15.5 Å². The number of benzene rings is 2. The highest BCUT2D eigenvalue weighted by Crippen LogP contribution is 2.27. The summed E-state index contributed by atoms with van der Waals surface area (Å²) in [7, 11) is 0. The number of nitrogens with zero attached hydrogens (tertiary/aromatic N) is 3. The predicted octanol–water partition coefficient (Wildman–Crippen LogP) is 3.82. The maximum absolute atomic E-state index is 14.2. The number of amides is 1. The van der Waals surface area contributed by atoms with Crippen molar-refractivity contribution in [3.8, 4) is 0 Å². The van der Waals surface area contributed by atoms with Gasteiger partial charge in [-0.1, -0.05) is 42.1 Å². The number of aliphatic carboxylic acids is 2. The summed E-state index contributed by atoms with van der Waals surface area (Å²) in [5.41, 5.74) is 3.82. The largest absolute Gasteiger partial charge is 0.473 e. The van der Waals surface area contributed by atoms with Crippen molar-refractivity contribution in [2.24, 2.45) is 0 Å². The van der Waals surface area contributed by atoms with Crippen LogP contribution in [0.25, 0.3) is 11.2 Å². The number of carboxylic acid groups (broad SMARTS) is 2. The van der Waals surface area contributed by atoms with Gasteiger partial charge in [-0.2, -0.15) is 0 Å². The molecule has 0 spiro atoms. The Morgan fingerprint density at radius 3 is 2.33 bits per heavy atom. The SMILES string of the molecule is CCNC(=O)c1ccc(CSc2nc3cccnc3n2Cc2ccccc2F)cc1.O=C(O)C(=O)O. The minimum Gasteiger partial charge on any atom is -0.473 e. The van der Waals surface area contributed by atoms with E-state index >= 15 is 0 Å². The lowest BCUT2D eigenvalue weighted by atomic mass is 10.1. The summed E-state index contributed by atoms with van der Waals surface area (Å²) >= 11 is 1.56. The fourth-order valence-corrected chi connectivity index (χ4v) is 4.11. The molecule has 0 unspecified atom stereocenters. The van der Waals surface area contributed by atoms with Gasteiger partial charge in [-0.15, -0.1) is 0 Å². The molecular formula is C25H23FN4O5S. The molecule has 0 aliphatic carbocycles. The Morgan fingerprint density at radius 2 is 1.69 bits per heavy atom. The van der Waals surface area contributed by atoms with Gasteiger partial charge >= 0.3 is 11.9 Å². The zero-order chi connectivity index (χ0) is 26.1. The van der Waals surface area contributed by atoms with E-state index in [1.165, 1.54) is 6.07 Å². The van der Waals surface area contributed by atoms with Crippen LogP contribution in [0.4, 0.5) is 4.39 Å². The molecule has 2 aromatic carbocycles. The highest BCUT2D eigenvalue weighted by Gasteiger charge is 2.14. The fourth-order valence-electron chi connectivity index (χ4n) is 3.15. The van der Waals surface area contributed by atoms with Crippen LogP contribution in [0.2, 0.25) is 0 Å². The molecule has 0 aliphatic rings. The van der Waals surface area contributed by atoms with E-state index in [1.807, 2.05) is 54.0 Å². The van der Waals surface area contributed by atoms with Crippen LogP contribution in [0.5, 0.6) is 0 Å². The standard InChI is InChI=1S/C23H21FN4OS.C2H2O4/c1-2-25-22(29)17-11-9-16(10-12-17)15-30-23-27-20-8-5-13-26-21(20)28(23)14-18-6-3-4-7-19(18)24;3-1(4)2(5)6/h3-13H,2,14-15H2,1H3,(H,25,29);(H,3,4)(H,5,6). The molecule has 0 radical (unpaired) electrons. The van der Waals surface area contributed by atoms with Crippen molar-refractivity contribution in [3.05, 3.63) is 89.4 Å². The van der Waals surface area contributed by atoms with Crippen molar-refractivity contribution in [2.45, 2.75) is 24.4 Å². The first-order valence-corrected chi connectivity index (χ1v) is 11.8. The zero-order valence-electron chi connectivity index (χ0n) is 19.2. The van der Waals surface area contributed by atoms with Gasteiger partial charge in [0.2, 0.25) is 0 Å². The topological polar surface area (TPSA) is 134 Å². The first-order valence-electron chi connectivity index (χ1n) is 10.8. The summed E-state index contributed by atoms with van der Waals surface area (Å²) in [5, 5.41) is 18.4. The van der Waals surface area contributed by atoms with Gasteiger partial charge in [-0.25, -0.2) is 23.9 Å². The monoisotopic (exact) mass is 510 g/mol. The maximum atomic E-state index is 14.2. The number of imidazole rings is 1. The Kier molecular flexibility index (Phi) is 9.12. The number of fused-ring (bicyclic) bond motifs is 1. The molecule has 2 aromatic heterocycles. The first kappa shape index (κ1) is 26.4. The average Bonchev–Trinajstić information content (AvgIpc) is 3.22. The van der Waals surface area contributed by atoms with E-state index in [9.17, 15) is 9.18 Å². The molecule has 186 valence electrons. The number of thioether (sulfide) groups is 1. The van der Waals surface area contributed by atoms with E-state index in [-0.39, 0.29) is 11.7 Å². The molecule has 0 saturated heterocycles. The summed E-state index contributed by atoms with van der Waals surface area (Å²) in [6.07, 6.45) is 1.72. The molecule has 4 rings (SSSR count). The van der Waals surface area contributed by atoms with Gasteiger partial charge in [0.25, 0.3) is 5.91 Å². The van der Waals surface area contributed by atoms with Crippen LogP contribution in [0.1, 0.15) is 28.4 Å². The van der Waals surface area contributed by atoms with Crippen LogP contribution < -0.4 is 5.32 Å². The Hall–Kier alpha value is -4.25. The van der Waals surface area contributed by atoms with Crippen molar-refractivity contribution in [2.75, 3.05) is 6.54 Å². The van der Waals surface area contributed by atoms with Crippen molar-refractivity contribution in [3.63, 3.8) is 0 Å². The Bertz CT molecular complexity index is 1360. The van der Waals surface area contributed by atoms with E-state index in [0.717, 1.165) is 21.9 Å². The Morgan fingerprint density at radius 1 is 1.00 bits per heavy atom. The highest BCUT2D eigenvalue weighted by atomic mass is 32.2. The molecule has 0 bridgehead atoms. The third kappa shape index (κ3) is 6.89. The van der Waals surface area contributed by atoms with E-state index in [1.54, 1.807) is 30.1 Å². The molecule has 2 heterocycles. The lowest BCUT2D eigenvalue weighted by Gasteiger charge is -2.09. The number of carbonyl (C=O) groups excluding carboxylic acids is 1. The normalized spacial score (nSPS) is 10.4. The highest BCUT2D eigenvalue weighted by molar-refractivity contribution is 7.98. The van der Waals surface area contributed by atoms with Crippen LogP contribution in [-0.2, 0) is 21.9 Å². The van der Waals surface area contributed by atoms with Gasteiger partial charge in [0.15, 0.2) is 10.8 Å². The average molecular weight is 511 g/mol. The summed E-state index contributed by atoms with van der Waals surface area (Å²) in [6, 6.07) is 18.0. The van der Waals surface area contributed by atoms with Gasteiger partial charge in [0.1, 0.15) is 11.3 Å². The Balaban J connectivity index is 0.000000538. The van der Waals surface area contributed by atoms with E-state index in [4.69, 9.17) is 24.8 Å². The van der Waals surface area contributed by atoms with Crippen molar-refractivity contribution >= 4 is 40.8 Å². The number of rotatable bonds is 7. The minimum absolute atomic E-state index is 0.0746. The molecule has 1 amide bonds. The number of pyridine rings is 1. The van der Waals surface area contributed by atoms with Crippen molar-refractivity contribution in [1.82, 2.24) is 19.9 Å². The zero-order valence-corrected chi connectivity index (χ0v) is 20.0. The van der Waals surface area contributed by atoms with E-state index in [2.05, 4.69) is 10.3 Å². The van der Waals surface area contributed by atoms with Crippen LogP contribution in [0.3, 0.4) is 0 Å². The molecule has 0 aliphatic heterocycles. The predicted molar refractivity (Wildman–Crippen MR) is 132 cm³/mol. The molecule has 11 heteroatoms. The molecule has 3 N–H and O–H groups in total. The van der Waals surface area contributed by atoms with Crippen molar-refractivity contribution < 1.29 is 29.0 Å². The smallest absolute Gasteiger partial charge is 0.414 e. The van der Waals surface area contributed by atoms with Crippen LogP contribution >= 0.6 is 11.8 Å². The third-order valence-electron chi connectivity index (χ3n) is 4.86. The molecule has 0 atom stereocenters. The molecule has 36 heavy (non-hydrogen) atoms. The molecule has 0 saturated carbocycles. The summed E-state index contributed by atoms with van der Waals surface area (Å²) < 4.78 is 16.2. The summed E-state index contributed by atoms with van der Waals surface area (Å²) in [4.78, 5) is 39.3. The maximum Gasteiger partial charge on any atom is 0.414 e. The number of aromatic nitrogens is 3. The summed E-state index contributed by atoms with van der Waals surface area (Å²) in [5.74, 6) is -3.29. The molecule has 4 aromatic rings. The second kappa shape index (κ2) is 12.5. The van der Waals surface area contributed by atoms with Crippen molar-refractivity contribution in [1.29, 1.82) is 0 Å². The second-order valence-corrected chi connectivity index (χ2v) is 8.32. The van der Waals surface area contributed by atoms with Gasteiger partial charge in [-0.3, -0.25) is 9.36 Å². The van der Waals surface area contributed by atoms with Gasteiger partial charge in [0, 0.05) is 29.6 Å². The summed E-state index contributed by atoms with van der Waals surface area (Å²) in [6.45, 7) is 2.85. The third-order valence-corrected chi connectivity index (χ3v) is 5.91. The Labute approximate surface area is 210 Å².